The molecule has 0 aliphatic carbocycles. The van der Waals surface area contributed by atoms with E-state index in [-0.39, 0.29) is 11.9 Å². The van der Waals surface area contributed by atoms with Crippen molar-refractivity contribution in [2.45, 2.75) is 25.8 Å². The van der Waals surface area contributed by atoms with Gasteiger partial charge < -0.3 is 15.0 Å². The fourth-order valence-electron chi connectivity index (χ4n) is 2.87. The number of methoxy groups -OCH3 is 1. The first kappa shape index (κ1) is 11.3. The molecule has 2 aliphatic heterocycles. The van der Waals surface area contributed by atoms with Crippen LogP contribution in [0.3, 0.4) is 0 Å². The van der Waals surface area contributed by atoms with Gasteiger partial charge in [-0.05, 0) is 18.8 Å². The van der Waals surface area contributed by atoms with E-state index in [0.717, 1.165) is 25.2 Å². The number of nitrogens with zero attached hydrogens (tertiary/aromatic N) is 3. The van der Waals surface area contributed by atoms with Crippen LogP contribution in [0.4, 0.5) is 11.5 Å². The van der Waals surface area contributed by atoms with Gasteiger partial charge >= 0.3 is 0 Å². The maximum absolute atomic E-state index is 12.2. The van der Waals surface area contributed by atoms with Crippen molar-refractivity contribution in [1.29, 1.82) is 0 Å². The fraction of sp³-hybridized carbons (Fsp3) is 0.583. The van der Waals surface area contributed by atoms with E-state index in [2.05, 4.69) is 27.1 Å². The van der Waals surface area contributed by atoms with Gasteiger partial charge in [-0.2, -0.15) is 4.98 Å². The van der Waals surface area contributed by atoms with E-state index < -0.39 is 0 Å². The maximum Gasteiger partial charge on any atom is 0.247 e. The minimum Gasteiger partial charge on any atom is -0.479 e. The van der Waals surface area contributed by atoms with Gasteiger partial charge in [-0.25, -0.2) is 4.98 Å². The number of anilines is 2. The molecule has 2 aliphatic rings. The first-order valence-corrected chi connectivity index (χ1v) is 6.19. The molecule has 18 heavy (non-hydrogen) atoms. The summed E-state index contributed by atoms with van der Waals surface area (Å²) in [6.45, 7) is 2.97. The molecule has 3 rings (SSSR count). The Bertz CT molecular complexity index is 491. The zero-order chi connectivity index (χ0) is 12.7. The van der Waals surface area contributed by atoms with Crippen molar-refractivity contribution in [3.63, 3.8) is 0 Å². The van der Waals surface area contributed by atoms with Gasteiger partial charge in [-0.1, -0.05) is 6.92 Å². The summed E-state index contributed by atoms with van der Waals surface area (Å²) in [6.07, 6.45) is 3.63. The van der Waals surface area contributed by atoms with Crippen LogP contribution < -0.4 is 15.0 Å². The molecule has 2 unspecified atom stereocenters. The third-order valence-electron chi connectivity index (χ3n) is 3.71. The van der Waals surface area contributed by atoms with Gasteiger partial charge in [0.1, 0.15) is 18.1 Å². The van der Waals surface area contributed by atoms with Crippen LogP contribution in [0.1, 0.15) is 19.8 Å². The summed E-state index contributed by atoms with van der Waals surface area (Å²) in [7, 11) is 1.54. The second-order valence-electron chi connectivity index (χ2n) is 4.83. The molecule has 3 heterocycles. The average molecular weight is 248 g/mol. The highest BCUT2D eigenvalue weighted by molar-refractivity contribution is 6.04. The van der Waals surface area contributed by atoms with E-state index in [0.29, 0.717) is 17.5 Å². The van der Waals surface area contributed by atoms with E-state index in [1.807, 2.05) is 0 Å². The van der Waals surface area contributed by atoms with Crippen LogP contribution in [0, 0.1) is 5.92 Å². The molecule has 6 heteroatoms. The summed E-state index contributed by atoms with van der Waals surface area (Å²) in [5, 5.41) is 2.88. The molecular formula is C12H16N4O2. The predicted octanol–water partition coefficient (Wildman–Crippen LogP) is 1.04. The highest BCUT2D eigenvalue weighted by Crippen LogP contribution is 2.39. The molecule has 1 N–H and O–H groups in total. The van der Waals surface area contributed by atoms with Crippen LogP contribution in [0.15, 0.2) is 6.33 Å². The third kappa shape index (κ3) is 1.52. The van der Waals surface area contributed by atoms with E-state index in [1.165, 1.54) is 6.33 Å². The Morgan fingerprint density at radius 1 is 1.50 bits per heavy atom. The quantitative estimate of drug-likeness (QED) is 0.804. The first-order chi connectivity index (χ1) is 8.72. The smallest absolute Gasteiger partial charge is 0.247 e. The summed E-state index contributed by atoms with van der Waals surface area (Å²) in [5.74, 6) is 1.55. The number of fused-ring (bicyclic) bond motifs is 3. The number of hydrogen-bond donors (Lipinski definition) is 1. The minimum atomic E-state index is -0.120. The van der Waals surface area contributed by atoms with Gasteiger partial charge in [-0.3, -0.25) is 4.79 Å². The number of carbonyl (C=O) groups is 1. The molecular weight excluding hydrogens is 232 g/mol. The topological polar surface area (TPSA) is 67.4 Å². The number of ether oxygens (including phenoxy) is 1. The molecule has 0 bridgehead atoms. The van der Waals surface area contributed by atoms with Gasteiger partial charge in [-0.15, -0.1) is 0 Å². The highest BCUT2D eigenvalue weighted by Gasteiger charge is 2.40. The van der Waals surface area contributed by atoms with Crippen molar-refractivity contribution in [3.05, 3.63) is 6.33 Å². The number of amides is 1. The summed E-state index contributed by atoms with van der Waals surface area (Å²) in [5.41, 5.74) is 0.593. The molecule has 0 aromatic carbocycles. The molecule has 0 saturated carbocycles. The molecule has 1 saturated heterocycles. The van der Waals surface area contributed by atoms with Crippen molar-refractivity contribution in [3.8, 4) is 5.88 Å². The molecule has 2 atom stereocenters. The molecule has 0 spiro atoms. The van der Waals surface area contributed by atoms with Crippen molar-refractivity contribution >= 4 is 17.4 Å². The number of aromatic nitrogens is 2. The van der Waals surface area contributed by atoms with Gasteiger partial charge in [0.15, 0.2) is 5.82 Å². The van der Waals surface area contributed by atoms with Crippen molar-refractivity contribution in [2.24, 2.45) is 5.92 Å². The Morgan fingerprint density at radius 2 is 2.33 bits per heavy atom. The lowest BCUT2D eigenvalue weighted by molar-refractivity contribution is -0.119. The Kier molecular flexibility index (Phi) is 2.57. The minimum absolute atomic E-state index is 0.0165. The molecule has 6 nitrogen and oxygen atoms in total. The molecule has 0 radical (unpaired) electrons. The zero-order valence-electron chi connectivity index (χ0n) is 10.5. The average Bonchev–Trinajstić information content (AvgIpc) is 2.38. The second kappa shape index (κ2) is 4.12. The molecule has 1 aromatic rings. The van der Waals surface area contributed by atoms with Crippen LogP contribution in [-0.2, 0) is 4.79 Å². The predicted molar refractivity (Wildman–Crippen MR) is 66.7 cm³/mol. The lowest BCUT2D eigenvalue weighted by Crippen LogP contribution is -2.54. The molecule has 1 aromatic heterocycles. The number of hydrogen-bond acceptors (Lipinski definition) is 5. The Balaban J connectivity index is 2.09. The third-order valence-corrected chi connectivity index (χ3v) is 3.71. The van der Waals surface area contributed by atoms with Crippen molar-refractivity contribution in [2.75, 3.05) is 23.9 Å². The lowest BCUT2D eigenvalue weighted by Gasteiger charge is -2.43. The summed E-state index contributed by atoms with van der Waals surface area (Å²) in [4.78, 5) is 22.6. The summed E-state index contributed by atoms with van der Waals surface area (Å²) in [6, 6.07) is -0.120. The van der Waals surface area contributed by atoms with Crippen LogP contribution in [-0.4, -0.2) is 35.6 Å². The first-order valence-electron chi connectivity index (χ1n) is 6.19. The van der Waals surface area contributed by atoms with E-state index in [4.69, 9.17) is 4.74 Å². The van der Waals surface area contributed by atoms with Gasteiger partial charge in [0.25, 0.3) is 0 Å². The Hall–Kier alpha value is -1.85. The van der Waals surface area contributed by atoms with Crippen molar-refractivity contribution in [1.82, 2.24) is 9.97 Å². The largest absolute Gasteiger partial charge is 0.479 e. The van der Waals surface area contributed by atoms with E-state index in [1.54, 1.807) is 7.11 Å². The number of piperidine rings is 1. The van der Waals surface area contributed by atoms with E-state index >= 15 is 0 Å². The Labute approximate surface area is 105 Å². The van der Waals surface area contributed by atoms with Crippen LogP contribution in [0.2, 0.25) is 0 Å². The van der Waals surface area contributed by atoms with E-state index in [9.17, 15) is 4.79 Å². The standard InChI is InChI=1S/C12H16N4O2/c1-7-4-3-5-16-9(7)11(17)15-8-10(16)13-6-14-12(8)18-2/h6-7,9H,3-5H2,1-2H3,(H,15,17). The normalized spacial score (nSPS) is 26.1. The molecule has 1 amide bonds. The van der Waals surface area contributed by atoms with Crippen LogP contribution >= 0.6 is 0 Å². The fourth-order valence-corrected chi connectivity index (χ4v) is 2.87. The monoisotopic (exact) mass is 248 g/mol. The van der Waals surface area contributed by atoms with Crippen molar-refractivity contribution < 1.29 is 9.53 Å². The molecule has 1 fully saturated rings. The zero-order valence-corrected chi connectivity index (χ0v) is 10.5. The van der Waals surface area contributed by atoms with Crippen LogP contribution in [0.25, 0.3) is 0 Å². The maximum atomic E-state index is 12.2. The second-order valence-corrected chi connectivity index (χ2v) is 4.83. The van der Waals surface area contributed by atoms with Gasteiger partial charge in [0, 0.05) is 6.54 Å². The summed E-state index contributed by atoms with van der Waals surface area (Å²) >= 11 is 0. The lowest BCUT2D eigenvalue weighted by atomic mass is 9.89. The summed E-state index contributed by atoms with van der Waals surface area (Å²) < 4.78 is 5.17. The Morgan fingerprint density at radius 3 is 3.11 bits per heavy atom. The van der Waals surface area contributed by atoms with Gasteiger partial charge in [0.2, 0.25) is 11.8 Å². The number of nitrogens with one attached hydrogen (secondary N) is 1. The molecule has 96 valence electrons. The number of carbonyl (C=O) groups excluding carboxylic acids is 1. The number of rotatable bonds is 1. The highest BCUT2D eigenvalue weighted by atomic mass is 16.5. The van der Waals surface area contributed by atoms with Crippen LogP contribution in [0.5, 0.6) is 5.88 Å². The SMILES string of the molecule is COc1ncnc2c1NC(=O)C1C(C)CCCN21. The van der Waals surface area contributed by atoms with Gasteiger partial charge in [0.05, 0.1) is 7.11 Å².